The Morgan fingerprint density at radius 2 is 1.38 bits per heavy atom. The van der Waals surface area contributed by atoms with Crippen LogP contribution in [0.25, 0.3) is 0 Å². The molecule has 1 aliphatic heterocycles. The number of hydrogen-bond donors (Lipinski definition) is 0. The first-order valence-electron chi connectivity index (χ1n) is 12.9. The molecule has 6 nitrogen and oxygen atoms in total. The van der Waals surface area contributed by atoms with Gasteiger partial charge in [-0.15, -0.1) is 0 Å². The summed E-state index contributed by atoms with van der Waals surface area (Å²) in [5.41, 5.74) is 2.27. The molecule has 2 aromatic carbocycles. The first kappa shape index (κ1) is 26.9. The Morgan fingerprint density at radius 3 is 1.92 bits per heavy atom. The predicted molar refractivity (Wildman–Crippen MR) is 140 cm³/mol. The fourth-order valence-electron chi connectivity index (χ4n) is 4.69. The largest absolute Gasteiger partial charge is 0.377 e. The molecule has 4 rings (SSSR count). The normalized spacial score (nSPS) is 20.5. The van der Waals surface area contributed by atoms with Crippen molar-refractivity contribution in [1.82, 2.24) is 9.80 Å². The second-order valence-corrected chi connectivity index (χ2v) is 9.49. The third-order valence-corrected chi connectivity index (χ3v) is 6.74. The number of halogens is 1. The fourth-order valence-corrected chi connectivity index (χ4v) is 4.69. The molecule has 1 fully saturated rings. The molecule has 4 atom stereocenters. The summed E-state index contributed by atoms with van der Waals surface area (Å²) in [7, 11) is 0. The van der Waals surface area contributed by atoms with Crippen LogP contribution in [0.3, 0.4) is 0 Å². The van der Waals surface area contributed by atoms with Gasteiger partial charge in [-0.1, -0.05) is 85.0 Å². The summed E-state index contributed by atoms with van der Waals surface area (Å²) in [5, 5.41) is 0. The fraction of sp³-hybridized carbons (Fsp3) is 0.400. The Hall–Kier alpha value is -3.13. The molecule has 1 aliphatic carbocycles. The van der Waals surface area contributed by atoms with Gasteiger partial charge in [0.2, 0.25) is 11.8 Å². The highest BCUT2D eigenvalue weighted by molar-refractivity contribution is 6.07. The van der Waals surface area contributed by atoms with E-state index in [0.717, 1.165) is 11.1 Å². The third kappa shape index (κ3) is 7.44. The first-order chi connectivity index (χ1) is 18.0. The minimum Gasteiger partial charge on any atom is -0.377 e. The van der Waals surface area contributed by atoms with Crippen LogP contribution in [0.4, 0.5) is 4.39 Å². The molecule has 196 valence electrons. The van der Waals surface area contributed by atoms with Gasteiger partial charge in [0.25, 0.3) is 0 Å². The summed E-state index contributed by atoms with van der Waals surface area (Å²) >= 11 is 0. The number of carbonyl (C=O) groups is 2. The second-order valence-electron chi connectivity index (χ2n) is 9.49. The molecule has 2 amide bonds. The number of amides is 2. The lowest BCUT2D eigenvalue weighted by Gasteiger charge is -2.27. The van der Waals surface area contributed by atoms with E-state index in [-0.39, 0.29) is 44.7 Å². The number of benzene rings is 2. The molecule has 1 heterocycles. The zero-order valence-corrected chi connectivity index (χ0v) is 21.2. The summed E-state index contributed by atoms with van der Waals surface area (Å²) in [6, 6.07) is 20.1. The second kappa shape index (κ2) is 13.4. The van der Waals surface area contributed by atoms with E-state index in [1.54, 1.807) is 31.2 Å². The van der Waals surface area contributed by atoms with Gasteiger partial charge in [-0.05, 0) is 18.1 Å². The van der Waals surface area contributed by atoms with Crippen molar-refractivity contribution in [2.24, 2.45) is 11.8 Å². The Morgan fingerprint density at radius 1 is 0.838 bits per heavy atom. The van der Waals surface area contributed by atoms with Crippen molar-refractivity contribution in [3.05, 3.63) is 96.1 Å². The van der Waals surface area contributed by atoms with Crippen molar-refractivity contribution in [2.75, 3.05) is 32.9 Å². The van der Waals surface area contributed by atoms with Crippen LogP contribution < -0.4 is 0 Å². The zero-order valence-electron chi connectivity index (χ0n) is 21.2. The molecule has 1 saturated heterocycles. The average molecular weight is 507 g/mol. The molecule has 0 radical (unpaired) electrons. The quantitative estimate of drug-likeness (QED) is 0.284. The number of rotatable bonds is 14. The molecule has 2 aromatic rings. The number of likely N-dealkylation sites (tertiary alicyclic amines) is 1. The van der Waals surface area contributed by atoms with Crippen LogP contribution >= 0.6 is 0 Å². The standard InChI is InChI=1S/C30H35FN2O4/c1-23(37-19-18-36-17-16-33-29(34)26-14-8-9-15-27(26)30(33)35)28(31)22-32(20-24-10-4-2-5-11-24)21-25-12-6-3-7-13-25/h2-15,23,26-28H,16-22H2,1H3. The van der Waals surface area contributed by atoms with Gasteiger partial charge < -0.3 is 9.47 Å². The van der Waals surface area contributed by atoms with Gasteiger partial charge in [-0.3, -0.25) is 19.4 Å². The number of hydrogen-bond acceptors (Lipinski definition) is 5. The van der Waals surface area contributed by atoms with Crippen molar-refractivity contribution in [1.29, 1.82) is 0 Å². The van der Waals surface area contributed by atoms with Gasteiger partial charge in [0.1, 0.15) is 6.17 Å². The van der Waals surface area contributed by atoms with Gasteiger partial charge in [-0.25, -0.2) is 4.39 Å². The Labute approximate surface area is 218 Å². The third-order valence-electron chi connectivity index (χ3n) is 6.74. The Bertz CT molecular complexity index is 1000. The maximum absolute atomic E-state index is 15.2. The van der Waals surface area contributed by atoms with Gasteiger partial charge >= 0.3 is 0 Å². The summed E-state index contributed by atoms with van der Waals surface area (Å²) in [6.07, 6.45) is 5.37. The van der Waals surface area contributed by atoms with Crippen molar-refractivity contribution in [3.63, 3.8) is 0 Å². The highest BCUT2D eigenvalue weighted by atomic mass is 19.1. The van der Waals surface area contributed by atoms with Crippen molar-refractivity contribution in [3.8, 4) is 0 Å². The number of alkyl halides is 1. The van der Waals surface area contributed by atoms with Crippen LogP contribution in [-0.4, -0.2) is 66.8 Å². The van der Waals surface area contributed by atoms with Crippen molar-refractivity contribution < 1.29 is 23.5 Å². The number of imide groups is 1. The minimum absolute atomic E-state index is 0.181. The maximum Gasteiger partial charge on any atom is 0.237 e. The van der Waals surface area contributed by atoms with Gasteiger partial charge in [0.05, 0.1) is 44.3 Å². The van der Waals surface area contributed by atoms with Crippen LogP contribution in [0.1, 0.15) is 18.1 Å². The summed E-state index contributed by atoms with van der Waals surface area (Å²) in [5.74, 6) is -1.15. The van der Waals surface area contributed by atoms with Gasteiger partial charge in [-0.2, -0.15) is 0 Å². The van der Waals surface area contributed by atoms with E-state index >= 15 is 4.39 Å². The monoisotopic (exact) mass is 506 g/mol. The van der Waals surface area contributed by atoms with Gasteiger partial charge in [0.15, 0.2) is 0 Å². The summed E-state index contributed by atoms with van der Waals surface area (Å²) in [6.45, 7) is 4.20. The van der Waals surface area contributed by atoms with E-state index in [1.165, 1.54) is 4.90 Å². The molecule has 0 N–H and O–H groups in total. The summed E-state index contributed by atoms with van der Waals surface area (Å²) in [4.78, 5) is 28.3. The number of nitrogens with zero attached hydrogens (tertiary/aromatic N) is 2. The van der Waals surface area contributed by atoms with E-state index < -0.39 is 24.1 Å². The smallest absolute Gasteiger partial charge is 0.237 e. The highest BCUT2D eigenvalue weighted by Crippen LogP contribution is 2.30. The van der Waals surface area contributed by atoms with Crippen LogP contribution in [0.15, 0.2) is 85.0 Å². The predicted octanol–water partition coefficient (Wildman–Crippen LogP) is 4.18. The molecule has 0 saturated carbocycles. The number of allylic oxidation sites excluding steroid dienone is 2. The molecule has 4 unspecified atom stereocenters. The zero-order chi connectivity index (χ0) is 26.0. The lowest BCUT2D eigenvalue weighted by atomic mass is 9.91. The molecule has 0 spiro atoms. The van der Waals surface area contributed by atoms with Crippen LogP contribution in [0.5, 0.6) is 0 Å². The van der Waals surface area contributed by atoms with Crippen molar-refractivity contribution in [2.45, 2.75) is 32.3 Å². The lowest BCUT2D eigenvalue weighted by molar-refractivity contribution is -0.140. The number of fused-ring (bicyclic) bond motifs is 1. The van der Waals surface area contributed by atoms with Crippen LogP contribution in [0, 0.1) is 11.8 Å². The molecule has 0 aromatic heterocycles. The number of ether oxygens (including phenoxy) is 2. The van der Waals surface area contributed by atoms with Crippen molar-refractivity contribution >= 4 is 11.8 Å². The van der Waals surface area contributed by atoms with E-state index in [4.69, 9.17) is 9.47 Å². The SMILES string of the molecule is CC(OCCOCCN1C(=O)C2C=CC=CC2C1=O)C(F)CN(Cc1ccccc1)Cc1ccccc1. The molecular formula is C30H35FN2O4. The Balaban J connectivity index is 1.18. The first-order valence-corrected chi connectivity index (χ1v) is 12.9. The maximum atomic E-state index is 15.2. The summed E-state index contributed by atoms with van der Waals surface area (Å²) < 4.78 is 26.4. The molecule has 7 heteroatoms. The van der Waals surface area contributed by atoms with E-state index in [9.17, 15) is 9.59 Å². The van der Waals surface area contributed by atoms with Crippen LogP contribution in [0.2, 0.25) is 0 Å². The molecule has 37 heavy (non-hydrogen) atoms. The molecule has 0 bridgehead atoms. The minimum atomic E-state index is -1.17. The van der Waals surface area contributed by atoms with E-state index in [1.807, 2.05) is 60.7 Å². The van der Waals surface area contributed by atoms with E-state index in [2.05, 4.69) is 4.90 Å². The Kier molecular flexibility index (Phi) is 9.77. The van der Waals surface area contributed by atoms with Gasteiger partial charge in [0, 0.05) is 19.6 Å². The average Bonchev–Trinajstić information content (AvgIpc) is 3.16. The van der Waals surface area contributed by atoms with E-state index in [0.29, 0.717) is 13.1 Å². The molecule has 2 aliphatic rings. The molecular weight excluding hydrogens is 471 g/mol. The van der Waals surface area contributed by atoms with Crippen LogP contribution in [-0.2, 0) is 32.2 Å². The topological polar surface area (TPSA) is 59.1 Å². The highest BCUT2D eigenvalue weighted by Gasteiger charge is 2.45. The number of carbonyl (C=O) groups excluding carboxylic acids is 2. The lowest BCUT2D eigenvalue weighted by Crippen LogP contribution is -2.37.